The molecule has 112 valence electrons. The number of nitrogens with zero attached hydrogens (tertiary/aromatic N) is 1. The molecule has 4 heteroatoms. The fourth-order valence-electron chi connectivity index (χ4n) is 3.17. The first-order valence-electron chi connectivity index (χ1n) is 7.74. The molecule has 0 spiro atoms. The van der Waals surface area contributed by atoms with E-state index in [-0.39, 0.29) is 12.4 Å². The topological polar surface area (TPSA) is 32.3 Å². The van der Waals surface area contributed by atoms with Gasteiger partial charge in [0.05, 0.1) is 0 Å². The highest BCUT2D eigenvalue weighted by molar-refractivity contribution is 5.85. The second-order valence-electron chi connectivity index (χ2n) is 6.15. The van der Waals surface area contributed by atoms with Gasteiger partial charge in [0, 0.05) is 19.5 Å². The van der Waals surface area contributed by atoms with Gasteiger partial charge in [0.15, 0.2) is 0 Å². The van der Waals surface area contributed by atoms with Crippen molar-refractivity contribution in [2.75, 3.05) is 26.2 Å². The van der Waals surface area contributed by atoms with Crippen LogP contribution in [0.5, 0.6) is 0 Å². The molecule has 2 saturated heterocycles. The molecule has 2 heterocycles. The first kappa shape index (κ1) is 16.8. The lowest BCUT2D eigenvalue weighted by atomic mass is 9.93. The number of amides is 1. The molecule has 2 fully saturated rings. The van der Waals surface area contributed by atoms with Crippen LogP contribution >= 0.6 is 12.4 Å². The normalized spacial score (nSPS) is 25.5. The summed E-state index contributed by atoms with van der Waals surface area (Å²) in [5, 5.41) is 3.38. The van der Waals surface area contributed by atoms with Gasteiger partial charge in [-0.2, -0.15) is 0 Å². The van der Waals surface area contributed by atoms with Gasteiger partial charge in [-0.3, -0.25) is 4.79 Å². The predicted octanol–water partition coefficient (Wildman–Crippen LogP) is 2.84. The molecule has 0 bridgehead atoms. The first-order valence-corrected chi connectivity index (χ1v) is 7.74. The average molecular weight is 289 g/mol. The molecule has 0 saturated carbocycles. The summed E-state index contributed by atoms with van der Waals surface area (Å²) < 4.78 is 0. The molecule has 0 aliphatic carbocycles. The van der Waals surface area contributed by atoms with Crippen LogP contribution in [0.25, 0.3) is 0 Å². The summed E-state index contributed by atoms with van der Waals surface area (Å²) in [6.07, 6.45) is 8.07. The van der Waals surface area contributed by atoms with E-state index in [0.717, 1.165) is 50.9 Å². The van der Waals surface area contributed by atoms with Crippen LogP contribution in [0, 0.1) is 11.8 Å². The molecule has 0 radical (unpaired) electrons. The van der Waals surface area contributed by atoms with E-state index in [1.165, 1.54) is 32.1 Å². The molecule has 0 aromatic heterocycles. The van der Waals surface area contributed by atoms with Gasteiger partial charge in [0.25, 0.3) is 0 Å². The Balaban J connectivity index is 0.00000180. The summed E-state index contributed by atoms with van der Waals surface area (Å²) in [4.78, 5) is 14.3. The van der Waals surface area contributed by atoms with Crippen molar-refractivity contribution in [3.05, 3.63) is 0 Å². The third kappa shape index (κ3) is 5.70. The molecule has 1 atom stereocenters. The van der Waals surface area contributed by atoms with Crippen molar-refractivity contribution < 1.29 is 4.79 Å². The number of nitrogens with one attached hydrogen (secondary N) is 1. The van der Waals surface area contributed by atoms with E-state index in [1.54, 1.807) is 0 Å². The Morgan fingerprint density at radius 3 is 2.63 bits per heavy atom. The standard InChI is InChI=1S/C15H28N2O.ClH/c1-13-3-2-11-17(12-8-13)15(18)5-4-14-6-9-16-10-7-14;/h13-14,16H,2-12H2,1H3;1H. The lowest BCUT2D eigenvalue weighted by Gasteiger charge is -2.25. The fraction of sp³-hybridized carbons (Fsp3) is 0.933. The second-order valence-corrected chi connectivity index (χ2v) is 6.15. The smallest absolute Gasteiger partial charge is 0.222 e. The zero-order valence-corrected chi connectivity index (χ0v) is 13.0. The van der Waals surface area contributed by atoms with E-state index < -0.39 is 0 Å². The number of hydrogen-bond donors (Lipinski definition) is 1. The maximum atomic E-state index is 12.2. The number of likely N-dealkylation sites (tertiary alicyclic amines) is 1. The fourth-order valence-corrected chi connectivity index (χ4v) is 3.17. The molecule has 0 aromatic rings. The highest BCUT2D eigenvalue weighted by atomic mass is 35.5. The molecule has 0 aromatic carbocycles. The lowest BCUT2D eigenvalue weighted by molar-refractivity contribution is -0.131. The minimum absolute atomic E-state index is 0. The van der Waals surface area contributed by atoms with Gasteiger partial charge in [-0.15, -0.1) is 12.4 Å². The number of piperidine rings is 1. The largest absolute Gasteiger partial charge is 0.343 e. The van der Waals surface area contributed by atoms with Gasteiger partial charge in [0.2, 0.25) is 5.91 Å². The van der Waals surface area contributed by atoms with Crippen LogP contribution < -0.4 is 5.32 Å². The quantitative estimate of drug-likeness (QED) is 0.866. The van der Waals surface area contributed by atoms with E-state index >= 15 is 0 Å². The molecule has 2 rings (SSSR count). The SMILES string of the molecule is CC1CCCN(C(=O)CCC2CCNCC2)CC1.Cl. The lowest BCUT2D eigenvalue weighted by Crippen LogP contribution is -2.33. The maximum Gasteiger partial charge on any atom is 0.222 e. The van der Waals surface area contributed by atoms with Crippen molar-refractivity contribution in [2.24, 2.45) is 11.8 Å². The summed E-state index contributed by atoms with van der Waals surface area (Å²) in [5.74, 6) is 1.98. The van der Waals surface area contributed by atoms with Crippen LogP contribution in [0.15, 0.2) is 0 Å². The van der Waals surface area contributed by atoms with Gasteiger partial charge in [-0.1, -0.05) is 6.92 Å². The molecule has 3 nitrogen and oxygen atoms in total. The maximum absolute atomic E-state index is 12.2. The summed E-state index contributed by atoms with van der Waals surface area (Å²) in [5.41, 5.74) is 0. The summed E-state index contributed by atoms with van der Waals surface area (Å²) in [7, 11) is 0. The molecule has 1 unspecified atom stereocenters. The number of carbonyl (C=O) groups excluding carboxylic acids is 1. The molecule has 1 N–H and O–H groups in total. The number of halogens is 1. The van der Waals surface area contributed by atoms with Crippen LogP contribution in [-0.2, 0) is 4.79 Å². The molecule has 2 aliphatic heterocycles. The molecular weight excluding hydrogens is 260 g/mol. The molecule has 1 amide bonds. The van der Waals surface area contributed by atoms with E-state index in [1.807, 2.05) is 0 Å². The molecular formula is C15H29ClN2O. The van der Waals surface area contributed by atoms with E-state index in [2.05, 4.69) is 17.1 Å². The van der Waals surface area contributed by atoms with Crippen molar-refractivity contribution in [1.29, 1.82) is 0 Å². The monoisotopic (exact) mass is 288 g/mol. The molecule has 19 heavy (non-hydrogen) atoms. The van der Waals surface area contributed by atoms with Crippen molar-refractivity contribution in [3.8, 4) is 0 Å². The number of carbonyl (C=O) groups is 1. The van der Waals surface area contributed by atoms with Crippen LogP contribution in [-0.4, -0.2) is 37.0 Å². The summed E-state index contributed by atoms with van der Waals surface area (Å²) >= 11 is 0. The molecule has 2 aliphatic rings. The Morgan fingerprint density at radius 2 is 1.89 bits per heavy atom. The third-order valence-electron chi connectivity index (χ3n) is 4.59. The highest BCUT2D eigenvalue weighted by Crippen LogP contribution is 2.20. The average Bonchev–Trinajstić information content (AvgIpc) is 2.62. The highest BCUT2D eigenvalue weighted by Gasteiger charge is 2.20. The van der Waals surface area contributed by atoms with Crippen molar-refractivity contribution in [1.82, 2.24) is 10.2 Å². The number of rotatable bonds is 3. The first-order chi connectivity index (χ1) is 8.75. The third-order valence-corrected chi connectivity index (χ3v) is 4.59. The van der Waals surface area contributed by atoms with Gasteiger partial charge in [-0.25, -0.2) is 0 Å². The minimum Gasteiger partial charge on any atom is -0.343 e. The van der Waals surface area contributed by atoms with Gasteiger partial charge >= 0.3 is 0 Å². The zero-order chi connectivity index (χ0) is 12.8. The van der Waals surface area contributed by atoms with Crippen LogP contribution in [0.3, 0.4) is 0 Å². The zero-order valence-electron chi connectivity index (χ0n) is 12.2. The van der Waals surface area contributed by atoms with Crippen LogP contribution in [0.4, 0.5) is 0 Å². The van der Waals surface area contributed by atoms with Crippen molar-refractivity contribution in [3.63, 3.8) is 0 Å². The second kappa shape index (κ2) is 8.80. The van der Waals surface area contributed by atoms with Gasteiger partial charge in [0.1, 0.15) is 0 Å². The van der Waals surface area contributed by atoms with Crippen LogP contribution in [0.2, 0.25) is 0 Å². The summed E-state index contributed by atoms with van der Waals surface area (Å²) in [6.45, 7) is 6.57. The van der Waals surface area contributed by atoms with E-state index in [9.17, 15) is 4.79 Å². The van der Waals surface area contributed by atoms with Gasteiger partial charge in [-0.05, 0) is 63.5 Å². The van der Waals surface area contributed by atoms with E-state index in [4.69, 9.17) is 0 Å². The Labute approximate surface area is 123 Å². The minimum atomic E-state index is 0. The Kier molecular flexibility index (Phi) is 7.77. The van der Waals surface area contributed by atoms with Gasteiger partial charge < -0.3 is 10.2 Å². The van der Waals surface area contributed by atoms with Crippen LogP contribution in [0.1, 0.15) is 51.9 Å². The number of hydrogen-bond acceptors (Lipinski definition) is 2. The van der Waals surface area contributed by atoms with Crippen molar-refractivity contribution >= 4 is 18.3 Å². The van der Waals surface area contributed by atoms with E-state index in [0.29, 0.717) is 5.91 Å². The Hall–Kier alpha value is -0.280. The van der Waals surface area contributed by atoms with Crippen molar-refractivity contribution in [2.45, 2.75) is 51.9 Å². The Morgan fingerprint density at radius 1 is 1.16 bits per heavy atom. The summed E-state index contributed by atoms with van der Waals surface area (Å²) in [6, 6.07) is 0. The Bertz CT molecular complexity index is 267. The predicted molar refractivity (Wildman–Crippen MR) is 81.7 cm³/mol.